The summed E-state index contributed by atoms with van der Waals surface area (Å²) in [5.41, 5.74) is 0. The second kappa shape index (κ2) is 3.03. The fraction of sp³-hybridized carbons (Fsp3) is 0.750. The Balaban J connectivity index is 2.60. The Kier molecular flexibility index (Phi) is 2.27. The second-order valence-electron chi connectivity index (χ2n) is 3.14. The number of nitrogens with zero attached hydrogens (tertiary/aromatic N) is 1. The van der Waals surface area contributed by atoms with Crippen LogP contribution in [0.25, 0.3) is 0 Å². The van der Waals surface area contributed by atoms with E-state index in [0.29, 0.717) is 6.42 Å². The van der Waals surface area contributed by atoms with Crippen LogP contribution < -0.4 is 0 Å². The number of carbonyl (C=O) groups excluding carboxylic acids is 2. The van der Waals surface area contributed by atoms with Gasteiger partial charge < -0.3 is 4.90 Å². The van der Waals surface area contributed by atoms with Crippen molar-refractivity contribution < 1.29 is 9.59 Å². The van der Waals surface area contributed by atoms with Crippen molar-refractivity contribution in [2.75, 3.05) is 14.1 Å². The number of ketones is 1. The van der Waals surface area contributed by atoms with Gasteiger partial charge in [-0.1, -0.05) is 0 Å². The van der Waals surface area contributed by atoms with Gasteiger partial charge in [-0.25, -0.2) is 0 Å². The largest absolute Gasteiger partial charge is 0.348 e. The fourth-order valence-corrected chi connectivity index (χ4v) is 1.39. The Morgan fingerprint density at radius 1 is 1.55 bits per heavy atom. The maximum atomic E-state index is 11.3. The summed E-state index contributed by atoms with van der Waals surface area (Å²) in [5.74, 6) is -0.249. The Morgan fingerprint density at radius 3 is 2.55 bits per heavy atom. The Morgan fingerprint density at radius 2 is 2.18 bits per heavy atom. The Labute approximate surface area is 66.4 Å². The van der Waals surface area contributed by atoms with E-state index in [-0.39, 0.29) is 17.6 Å². The van der Waals surface area contributed by atoms with Crippen LogP contribution in [-0.4, -0.2) is 30.7 Å². The highest BCUT2D eigenvalue weighted by Gasteiger charge is 2.31. The van der Waals surface area contributed by atoms with E-state index in [2.05, 4.69) is 0 Å². The molecule has 1 saturated carbocycles. The molecule has 0 aromatic heterocycles. The minimum absolute atomic E-state index is 0.0347. The molecule has 0 heterocycles. The lowest BCUT2D eigenvalue weighted by Crippen LogP contribution is -2.31. The molecule has 0 spiro atoms. The van der Waals surface area contributed by atoms with Crippen LogP contribution in [0.3, 0.4) is 0 Å². The predicted molar refractivity (Wildman–Crippen MR) is 41.0 cm³/mol. The maximum absolute atomic E-state index is 11.3. The van der Waals surface area contributed by atoms with E-state index in [9.17, 15) is 9.59 Å². The molecule has 0 unspecified atom stereocenters. The molecule has 1 rings (SSSR count). The molecular weight excluding hydrogens is 142 g/mol. The van der Waals surface area contributed by atoms with Gasteiger partial charge in [-0.3, -0.25) is 9.59 Å². The lowest BCUT2D eigenvalue weighted by Gasteiger charge is -2.13. The third-order valence-electron chi connectivity index (χ3n) is 2.04. The summed E-state index contributed by atoms with van der Waals surface area (Å²) in [4.78, 5) is 23.8. The third-order valence-corrected chi connectivity index (χ3v) is 2.04. The van der Waals surface area contributed by atoms with E-state index in [1.54, 1.807) is 14.1 Å². The number of amides is 1. The van der Waals surface area contributed by atoms with Crippen molar-refractivity contribution in [1.29, 1.82) is 0 Å². The maximum Gasteiger partial charge on any atom is 0.232 e. The second-order valence-corrected chi connectivity index (χ2v) is 3.14. The minimum Gasteiger partial charge on any atom is -0.348 e. The fourth-order valence-electron chi connectivity index (χ4n) is 1.39. The quantitative estimate of drug-likeness (QED) is 0.515. The summed E-state index contributed by atoms with van der Waals surface area (Å²) in [6.07, 6.45) is 2.21. The first-order valence-corrected chi connectivity index (χ1v) is 3.87. The number of hydrogen-bond acceptors (Lipinski definition) is 2. The van der Waals surface area contributed by atoms with Crippen LogP contribution in [0.5, 0.6) is 0 Å². The summed E-state index contributed by atoms with van der Waals surface area (Å²) in [6, 6.07) is 0. The van der Waals surface area contributed by atoms with Crippen molar-refractivity contribution in [2.45, 2.75) is 19.3 Å². The van der Waals surface area contributed by atoms with Crippen molar-refractivity contribution >= 4 is 11.7 Å². The molecule has 0 saturated heterocycles. The predicted octanol–water partition coefficient (Wildman–Crippen LogP) is 0.444. The van der Waals surface area contributed by atoms with Gasteiger partial charge in [-0.05, 0) is 12.8 Å². The van der Waals surface area contributed by atoms with E-state index in [4.69, 9.17) is 0 Å². The van der Waals surface area contributed by atoms with Crippen LogP contribution in [0.15, 0.2) is 0 Å². The highest BCUT2D eigenvalue weighted by molar-refractivity contribution is 6.02. The average Bonchev–Trinajstić information content (AvgIpc) is 2.33. The van der Waals surface area contributed by atoms with Crippen molar-refractivity contribution in [3.8, 4) is 0 Å². The van der Waals surface area contributed by atoms with Crippen LogP contribution in [-0.2, 0) is 9.59 Å². The SMILES string of the molecule is CN(C)C(=O)[C@H]1CCCC1=O. The van der Waals surface area contributed by atoms with Crippen LogP contribution in [0.4, 0.5) is 0 Å². The number of Topliss-reactive ketones (excluding diaryl/α,β-unsaturated/α-hetero) is 1. The monoisotopic (exact) mass is 155 g/mol. The van der Waals surface area contributed by atoms with Crippen LogP contribution in [0.2, 0.25) is 0 Å². The zero-order chi connectivity index (χ0) is 8.43. The number of hydrogen-bond donors (Lipinski definition) is 0. The van der Waals surface area contributed by atoms with Gasteiger partial charge in [-0.2, -0.15) is 0 Å². The van der Waals surface area contributed by atoms with E-state index in [1.807, 2.05) is 0 Å². The molecule has 11 heavy (non-hydrogen) atoms. The van der Waals surface area contributed by atoms with E-state index in [0.717, 1.165) is 12.8 Å². The van der Waals surface area contributed by atoms with Gasteiger partial charge in [0, 0.05) is 20.5 Å². The standard InChI is InChI=1S/C8H13NO2/c1-9(2)8(11)6-4-3-5-7(6)10/h6H,3-5H2,1-2H3/t6-/m0/s1. The van der Waals surface area contributed by atoms with Gasteiger partial charge in [0.25, 0.3) is 0 Å². The van der Waals surface area contributed by atoms with E-state index in [1.165, 1.54) is 4.90 Å². The number of carbonyl (C=O) groups is 2. The molecule has 1 amide bonds. The molecule has 1 aliphatic rings. The van der Waals surface area contributed by atoms with Crippen molar-refractivity contribution in [2.24, 2.45) is 5.92 Å². The number of rotatable bonds is 1. The molecule has 3 heteroatoms. The first-order valence-electron chi connectivity index (χ1n) is 3.87. The molecule has 0 radical (unpaired) electrons. The summed E-state index contributed by atoms with van der Waals surface area (Å²) in [5, 5.41) is 0. The van der Waals surface area contributed by atoms with E-state index >= 15 is 0 Å². The van der Waals surface area contributed by atoms with Gasteiger partial charge in [-0.15, -0.1) is 0 Å². The molecule has 1 fully saturated rings. The molecule has 62 valence electrons. The Hall–Kier alpha value is -0.860. The average molecular weight is 155 g/mol. The first kappa shape index (κ1) is 8.24. The first-order chi connectivity index (χ1) is 5.13. The van der Waals surface area contributed by atoms with Gasteiger partial charge >= 0.3 is 0 Å². The normalized spacial score (nSPS) is 23.8. The molecule has 0 bridgehead atoms. The van der Waals surface area contributed by atoms with Crippen molar-refractivity contribution in [3.05, 3.63) is 0 Å². The molecule has 1 aliphatic carbocycles. The highest BCUT2D eigenvalue weighted by atomic mass is 16.2. The molecular formula is C8H13NO2. The Bertz CT molecular complexity index is 187. The van der Waals surface area contributed by atoms with Gasteiger partial charge in [0.2, 0.25) is 5.91 Å². The molecule has 0 aromatic carbocycles. The summed E-state index contributed by atoms with van der Waals surface area (Å²) in [6.45, 7) is 0. The van der Waals surface area contributed by atoms with Gasteiger partial charge in [0.05, 0.1) is 5.92 Å². The van der Waals surface area contributed by atoms with Crippen LogP contribution in [0.1, 0.15) is 19.3 Å². The third kappa shape index (κ3) is 1.59. The van der Waals surface area contributed by atoms with Crippen LogP contribution in [0, 0.1) is 5.92 Å². The smallest absolute Gasteiger partial charge is 0.232 e. The van der Waals surface area contributed by atoms with Crippen LogP contribution >= 0.6 is 0 Å². The topological polar surface area (TPSA) is 37.4 Å². The van der Waals surface area contributed by atoms with Crippen molar-refractivity contribution in [3.63, 3.8) is 0 Å². The van der Waals surface area contributed by atoms with Gasteiger partial charge in [0.1, 0.15) is 5.78 Å². The van der Waals surface area contributed by atoms with E-state index < -0.39 is 0 Å². The molecule has 0 aromatic rings. The minimum atomic E-state index is -0.329. The lowest BCUT2D eigenvalue weighted by molar-refractivity contribution is -0.137. The summed E-state index contributed by atoms with van der Waals surface area (Å²) >= 11 is 0. The lowest BCUT2D eigenvalue weighted by atomic mass is 10.1. The van der Waals surface area contributed by atoms with Gasteiger partial charge in [0.15, 0.2) is 0 Å². The molecule has 0 aliphatic heterocycles. The molecule has 3 nitrogen and oxygen atoms in total. The van der Waals surface area contributed by atoms with Crippen molar-refractivity contribution in [1.82, 2.24) is 4.90 Å². The summed E-state index contributed by atoms with van der Waals surface area (Å²) in [7, 11) is 3.38. The summed E-state index contributed by atoms with van der Waals surface area (Å²) < 4.78 is 0. The zero-order valence-electron chi connectivity index (χ0n) is 6.96. The highest BCUT2D eigenvalue weighted by Crippen LogP contribution is 2.22. The molecule has 0 N–H and O–H groups in total. The molecule has 1 atom stereocenters. The zero-order valence-corrected chi connectivity index (χ0v) is 6.96.